The Kier molecular flexibility index (Phi) is 7.08. The first-order valence-electron chi connectivity index (χ1n) is 19.8. The van der Waals surface area contributed by atoms with E-state index in [0.717, 1.165) is 33.8 Å². The molecule has 6 nitrogen and oxygen atoms in total. The van der Waals surface area contributed by atoms with Gasteiger partial charge in [0.25, 0.3) is 0 Å². The minimum atomic E-state index is -2.35. The number of benzene rings is 6. The van der Waals surface area contributed by atoms with Gasteiger partial charge < -0.3 is 4.57 Å². The molecule has 3 aromatic heterocycles. The summed E-state index contributed by atoms with van der Waals surface area (Å²) >= 11 is 2.07. The van der Waals surface area contributed by atoms with E-state index in [2.05, 4.69) is 147 Å². The molecule has 0 radical (unpaired) electrons. The zero-order chi connectivity index (χ0) is 39.9. The molecule has 1 aliphatic heterocycles. The van der Waals surface area contributed by atoms with Crippen LogP contribution in [0.3, 0.4) is 0 Å². The number of ether oxygens (including phenoxy) is 1. The zero-order valence-electron chi connectivity index (χ0n) is 33.4. The molecule has 0 spiro atoms. The van der Waals surface area contributed by atoms with Crippen LogP contribution in [0.5, 0.6) is 11.5 Å². The standard InChI is InChI=1S/C48H37N5O.Pt/c1-48(2,3)33-24-25-49-47(27-33)51-30-32-26-35(53-42-16-7-5-14-39(42)40-15-6-8-17-43(40)53)20-22-38(32)41-23-21-37(29-46(41)51)54-36-13-11-12-34(28-36)52-31-50(4)44-18-9-10-19-45(44)52;/h5-27H,30H2,1-4H3;/q-2;/i4D3;. The van der Waals surface area contributed by atoms with Gasteiger partial charge in [-0.05, 0) is 41.3 Å². The van der Waals surface area contributed by atoms with Gasteiger partial charge in [0.2, 0.25) is 0 Å². The summed E-state index contributed by atoms with van der Waals surface area (Å²) < 4.78 is 37.4. The van der Waals surface area contributed by atoms with Crippen molar-refractivity contribution in [3.05, 3.63) is 167 Å². The number of rotatable bonds is 5. The summed E-state index contributed by atoms with van der Waals surface area (Å²) in [5.41, 5.74) is 10.8. The van der Waals surface area contributed by atoms with E-state index in [0.29, 0.717) is 33.1 Å². The van der Waals surface area contributed by atoms with Crippen molar-refractivity contribution in [2.75, 3.05) is 4.90 Å². The third-order valence-corrected chi connectivity index (χ3v) is 11.5. The molecule has 0 atom stereocenters. The van der Waals surface area contributed by atoms with Crippen LogP contribution in [0.1, 0.15) is 36.0 Å². The Morgan fingerprint density at radius 3 is 2.13 bits per heavy atom. The van der Waals surface area contributed by atoms with Crippen LogP contribution < -0.4 is 9.64 Å². The van der Waals surface area contributed by atoms with Gasteiger partial charge in [-0.1, -0.05) is 57.2 Å². The summed E-state index contributed by atoms with van der Waals surface area (Å²) in [6, 6.07) is 52.4. The number of imidazole rings is 1. The number of fused-ring (bicyclic) bond motifs is 7. The second-order valence-corrected chi connectivity index (χ2v) is 16.0. The van der Waals surface area contributed by atoms with Gasteiger partial charge in [0.15, 0.2) is 0 Å². The number of aryl methyl sites for hydroxylation is 1. The normalized spacial score (nSPS) is 13.8. The van der Waals surface area contributed by atoms with E-state index in [-0.39, 0.29) is 5.41 Å². The van der Waals surface area contributed by atoms with E-state index < -0.39 is 6.98 Å². The molecule has 10 rings (SSSR count). The van der Waals surface area contributed by atoms with Crippen molar-refractivity contribution < 1.29 is 28.2 Å². The van der Waals surface area contributed by atoms with Crippen molar-refractivity contribution in [1.82, 2.24) is 18.7 Å². The van der Waals surface area contributed by atoms with Gasteiger partial charge in [-0.2, -0.15) is 0 Å². The number of nitrogens with zero attached hydrogens (tertiary/aromatic N) is 5. The number of anilines is 2. The zero-order valence-corrected chi connectivity index (χ0v) is 32.7. The first-order chi connectivity index (χ1) is 27.9. The molecule has 0 bridgehead atoms. The summed E-state index contributed by atoms with van der Waals surface area (Å²) in [4.78, 5) is 7.16. The summed E-state index contributed by atoms with van der Waals surface area (Å²) in [5.74, 6) is 1.84. The van der Waals surface area contributed by atoms with Crippen molar-refractivity contribution in [2.24, 2.45) is 6.98 Å². The van der Waals surface area contributed by atoms with Gasteiger partial charge in [0.1, 0.15) is 0 Å². The monoisotopic (exact) mass is 897 g/mol. The summed E-state index contributed by atoms with van der Waals surface area (Å²) in [6.45, 7) is 4.87. The summed E-state index contributed by atoms with van der Waals surface area (Å²) in [5, 5.41) is 2.46. The van der Waals surface area contributed by atoms with Crippen LogP contribution in [0.15, 0.2) is 140 Å². The second kappa shape index (κ2) is 12.8. The molecule has 6 aromatic carbocycles. The van der Waals surface area contributed by atoms with Gasteiger partial charge in [-0.15, -0.1) is 0 Å². The first-order valence-corrected chi connectivity index (χ1v) is 19.4. The first kappa shape index (κ1) is 30.4. The molecule has 1 aliphatic rings. The average Bonchev–Trinajstić information content (AvgIpc) is 3.72. The van der Waals surface area contributed by atoms with Crippen LogP contribution in [-0.2, 0) is 38.3 Å². The Morgan fingerprint density at radius 2 is 1.38 bits per heavy atom. The van der Waals surface area contributed by atoms with Gasteiger partial charge in [0, 0.05) is 22.7 Å². The number of para-hydroxylation sites is 4. The Labute approximate surface area is 335 Å². The molecule has 9 aromatic rings. The number of hydrogen-bond donors (Lipinski definition) is 0. The third kappa shape index (κ3) is 5.58. The van der Waals surface area contributed by atoms with E-state index in [1.54, 1.807) is 0 Å². The van der Waals surface area contributed by atoms with Crippen LogP contribution in [0.25, 0.3) is 55.3 Å². The van der Waals surface area contributed by atoms with Crippen LogP contribution >= 0.6 is 0 Å². The van der Waals surface area contributed by atoms with E-state index in [1.165, 1.54) is 37.5 Å². The predicted octanol–water partition coefficient (Wildman–Crippen LogP) is 11.5. The molecule has 0 amide bonds. The fourth-order valence-corrected chi connectivity index (χ4v) is 8.66. The quantitative estimate of drug-likeness (QED) is 0.162. The molecule has 0 N–H and O–H groups in total. The van der Waals surface area contributed by atoms with E-state index in [9.17, 15) is 0 Å². The average molecular weight is 898 g/mol. The second-order valence-electron chi connectivity index (χ2n) is 14.9. The van der Waals surface area contributed by atoms with Crippen LogP contribution in [0, 0.1) is 15.9 Å². The van der Waals surface area contributed by atoms with Crippen LogP contribution in [0.4, 0.5) is 11.5 Å². The minimum absolute atomic E-state index is 0.0703. The molecule has 55 heavy (non-hydrogen) atoms. The van der Waals surface area contributed by atoms with Crippen molar-refractivity contribution in [3.8, 4) is 34.0 Å². The third-order valence-electron chi connectivity index (χ3n) is 10.5. The Bertz CT molecular complexity index is 3100. The molecule has 4 heterocycles. The molecule has 0 unspecified atom stereocenters. The van der Waals surface area contributed by atoms with E-state index >= 15 is 0 Å². The van der Waals surface area contributed by atoms with Gasteiger partial charge in [-0.3, -0.25) is 0 Å². The maximum absolute atomic E-state index is 8.24. The van der Waals surface area contributed by atoms with Gasteiger partial charge in [0.05, 0.1) is 11.0 Å². The molecular formula is C48H37N5OPt-2. The SMILES string of the molecule is [2H]C([2H])([2H])n1[c](=[Pt])n(-c2[c-]c(Oc3[c-]c4c(cc3)-c3ccc(-n5c6ccccc6c6ccccc65)cc3CN4c3cc(C(C)(C)C)ccn3)ccc2)c2ccccc21. The van der Waals surface area contributed by atoms with Crippen molar-refractivity contribution in [1.29, 1.82) is 0 Å². The fraction of sp³-hybridized carbons (Fsp3) is 0.125. The molecule has 0 saturated heterocycles. The number of hydrogen-bond acceptors (Lipinski definition) is 3. The molecule has 7 heteroatoms. The maximum atomic E-state index is 8.24. The van der Waals surface area contributed by atoms with Crippen LogP contribution in [-0.4, -0.2) is 18.7 Å². The Hall–Kier alpha value is -5.97. The Balaban J connectivity index is 1.08. The number of pyridine rings is 1. The van der Waals surface area contributed by atoms with E-state index in [1.807, 2.05) is 59.3 Å². The molecule has 0 saturated carbocycles. The molecule has 0 fully saturated rings. The Morgan fingerprint density at radius 1 is 0.691 bits per heavy atom. The van der Waals surface area contributed by atoms with Crippen molar-refractivity contribution in [2.45, 2.75) is 32.7 Å². The van der Waals surface area contributed by atoms with Gasteiger partial charge >= 0.3 is 200 Å². The van der Waals surface area contributed by atoms with Crippen LogP contribution in [0.2, 0.25) is 0 Å². The number of aromatic nitrogens is 4. The van der Waals surface area contributed by atoms with Crippen molar-refractivity contribution >= 4 is 44.3 Å². The molecule has 272 valence electrons. The topological polar surface area (TPSA) is 40.1 Å². The summed E-state index contributed by atoms with van der Waals surface area (Å²) in [7, 11) is 0. The molecular weight excluding hydrogens is 858 g/mol. The van der Waals surface area contributed by atoms with Crippen molar-refractivity contribution in [3.63, 3.8) is 0 Å². The fourth-order valence-electron chi connectivity index (χ4n) is 7.84. The predicted molar refractivity (Wildman–Crippen MR) is 218 cm³/mol. The van der Waals surface area contributed by atoms with E-state index in [4.69, 9.17) is 13.8 Å². The molecule has 0 aliphatic carbocycles. The van der Waals surface area contributed by atoms with Gasteiger partial charge in [-0.25, -0.2) is 0 Å². The summed E-state index contributed by atoms with van der Waals surface area (Å²) in [6.07, 6.45) is 1.89.